The normalized spacial score (nSPS) is 13.1. The SMILES string of the molecule is Cn1c(-n2c3ccccc3c3cc4c5ccccc5n(-c5ccccc5)c4cc32)nc2c1NCC(c1ccccc1)=N2. The Hall–Kier alpha value is -5.62. The fourth-order valence-electron chi connectivity index (χ4n) is 6.58. The van der Waals surface area contributed by atoms with Crippen LogP contribution in [0, 0.1) is 0 Å². The zero-order chi connectivity index (χ0) is 27.8. The van der Waals surface area contributed by atoms with Crippen LogP contribution in [0.3, 0.4) is 0 Å². The number of hydrogen-bond donors (Lipinski definition) is 1. The minimum absolute atomic E-state index is 0.654. The maximum atomic E-state index is 5.14. The summed E-state index contributed by atoms with van der Waals surface area (Å²) in [5.74, 6) is 2.47. The largest absolute Gasteiger partial charge is 0.363 e. The first kappa shape index (κ1) is 23.1. The Balaban J connectivity index is 1.35. The van der Waals surface area contributed by atoms with Crippen molar-refractivity contribution < 1.29 is 0 Å². The second-order valence-corrected chi connectivity index (χ2v) is 10.8. The van der Waals surface area contributed by atoms with E-state index in [4.69, 9.17) is 9.98 Å². The number of hydrogen-bond acceptors (Lipinski definition) is 3. The first-order chi connectivity index (χ1) is 20.8. The van der Waals surface area contributed by atoms with Crippen LogP contribution in [0.25, 0.3) is 55.2 Å². The maximum Gasteiger partial charge on any atom is 0.218 e. The van der Waals surface area contributed by atoms with Gasteiger partial charge in [-0.2, -0.15) is 4.98 Å². The lowest BCUT2D eigenvalue weighted by atomic mass is 10.1. The van der Waals surface area contributed by atoms with E-state index in [1.54, 1.807) is 0 Å². The summed E-state index contributed by atoms with van der Waals surface area (Å²) in [4.78, 5) is 10.1. The highest BCUT2D eigenvalue weighted by Gasteiger charge is 2.24. The van der Waals surface area contributed by atoms with Gasteiger partial charge in [0.2, 0.25) is 5.95 Å². The highest BCUT2D eigenvalue weighted by Crippen LogP contribution is 2.40. The number of fused-ring (bicyclic) bond motifs is 7. The molecule has 9 rings (SSSR count). The van der Waals surface area contributed by atoms with Crippen LogP contribution in [0.2, 0.25) is 0 Å². The van der Waals surface area contributed by atoms with E-state index in [-0.39, 0.29) is 0 Å². The van der Waals surface area contributed by atoms with Crippen LogP contribution < -0.4 is 5.32 Å². The van der Waals surface area contributed by atoms with Gasteiger partial charge in [0.1, 0.15) is 0 Å². The number of imidazole rings is 1. The van der Waals surface area contributed by atoms with Gasteiger partial charge in [-0.15, -0.1) is 0 Å². The Morgan fingerprint density at radius 2 is 1.19 bits per heavy atom. The van der Waals surface area contributed by atoms with Crippen molar-refractivity contribution in [1.29, 1.82) is 0 Å². The molecule has 4 heterocycles. The second kappa shape index (κ2) is 8.69. The smallest absolute Gasteiger partial charge is 0.218 e. The molecule has 5 aromatic carbocycles. The number of aromatic nitrogens is 4. The zero-order valence-electron chi connectivity index (χ0n) is 23.0. The summed E-state index contributed by atoms with van der Waals surface area (Å²) in [6.07, 6.45) is 0. The molecular formula is C36H26N6. The molecule has 1 aliphatic heterocycles. The third-order valence-electron chi connectivity index (χ3n) is 8.50. The minimum atomic E-state index is 0.654. The average molecular weight is 543 g/mol. The third-order valence-corrected chi connectivity index (χ3v) is 8.50. The van der Waals surface area contributed by atoms with E-state index in [2.05, 4.69) is 129 Å². The predicted octanol–water partition coefficient (Wildman–Crippen LogP) is 8.16. The summed E-state index contributed by atoms with van der Waals surface area (Å²) in [6.45, 7) is 0.654. The number of anilines is 1. The molecule has 0 unspecified atom stereocenters. The van der Waals surface area contributed by atoms with Crippen LogP contribution in [-0.2, 0) is 7.05 Å². The lowest BCUT2D eigenvalue weighted by Gasteiger charge is -2.15. The number of nitrogens with one attached hydrogen (secondary N) is 1. The van der Waals surface area contributed by atoms with Crippen molar-refractivity contribution in [2.45, 2.75) is 0 Å². The molecule has 0 spiro atoms. The average Bonchev–Trinajstić information content (AvgIpc) is 3.67. The van der Waals surface area contributed by atoms with Gasteiger partial charge >= 0.3 is 0 Å². The van der Waals surface area contributed by atoms with Crippen molar-refractivity contribution in [3.63, 3.8) is 0 Å². The van der Waals surface area contributed by atoms with Gasteiger partial charge in [-0.25, -0.2) is 4.99 Å². The quantitative estimate of drug-likeness (QED) is 0.245. The molecule has 0 bridgehead atoms. The predicted molar refractivity (Wildman–Crippen MR) is 173 cm³/mol. The Morgan fingerprint density at radius 1 is 0.595 bits per heavy atom. The summed E-state index contributed by atoms with van der Waals surface area (Å²) >= 11 is 0. The lowest BCUT2D eigenvalue weighted by Crippen LogP contribution is -2.20. The summed E-state index contributed by atoms with van der Waals surface area (Å²) < 4.78 is 6.78. The van der Waals surface area contributed by atoms with Crippen LogP contribution >= 0.6 is 0 Å². The van der Waals surface area contributed by atoms with Crippen LogP contribution in [0.15, 0.2) is 126 Å². The van der Waals surface area contributed by atoms with Crippen molar-refractivity contribution in [2.75, 3.05) is 11.9 Å². The van der Waals surface area contributed by atoms with Crippen molar-refractivity contribution >= 4 is 61.0 Å². The first-order valence-corrected chi connectivity index (χ1v) is 14.2. The number of rotatable bonds is 3. The van der Waals surface area contributed by atoms with Crippen LogP contribution in [0.1, 0.15) is 5.56 Å². The molecule has 200 valence electrons. The van der Waals surface area contributed by atoms with Gasteiger partial charge in [0.25, 0.3) is 0 Å². The van der Waals surface area contributed by atoms with Gasteiger partial charge in [-0.1, -0.05) is 84.9 Å². The van der Waals surface area contributed by atoms with Gasteiger partial charge in [-0.05, 0) is 42.0 Å². The van der Waals surface area contributed by atoms with Crippen molar-refractivity contribution in [1.82, 2.24) is 18.7 Å². The fourth-order valence-corrected chi connectivity index (χ4v) is 6.58. The lowest BCUT2D eigenvalue weighted by molar-refractivity contribution is 0.849. The number of para-hydroxylation sites is 3. The molecular weight excluding hydrogens is 516 g/mol. The van der Waals surface area contributed by atoms with Gasteiger partial charge in [0, 0.05) is 34.3 Å². The first-order valence-electron chi connectivity index (χ1n) is 14.2. The number of benzene rings is 5. The molecule has 0 fully saturated rings. The standard InChI is InChI=1S/C36H26N6/c1-40-35-34(38-29(22-37-35)23-12-4-2-5-13-23)39-36(40)42-31-19-11-9-17-26(31)28-20-27-25-16-8-10-18-30(25)41(32(27)21-33(28)42)24-14-6-3-7-15-24/h2-21,37H,22H2,1H3. The molecule has 3 aromatic heterocycles. The van der Waals surface area contributed by atoms with E-state index in [1.807, 2.05) is 18.2 Å². The number of aliphatic imine (C=N–C) groups is 1. The Morgan fingerprint density at radius 3 is 1.90 bits per heavy atom. The van der Waals surface area contributed by atoms with Gasteiger partial charge in [-0.3, -0.25) is 9.13 Å². The van der Waals surface area contributed by atoms with Crippen molar-refractivity contribution in [2.24, 2.45) is 12.0 Å². The molecule has 8 aromatic rings. The molecule has 0 saturated heterocycles. The summed E-state index contributed by atoms with van der Waals surface area (Å²) in [5.41, 5.74) is 7.84. The van der Waals surface area contributed by atoms with E-state index in [0.717, 1.165) is 39.8 Å². The molecule has 0 saturated carbocycles. The van der Waals surface area contributed by atoms with Crippen LogP contribution in [-0.4, -0.2) is 30.9 Å². The number of nitrogens with zero attached hydrogens (tertiary/aromatic N) is 5. The third kappa shape index (κ3) is 3.20. The second-order valence-electron chi connectivity index (χ2n) is 10.8. The molecule has 0 radical (unpaired) electrons. The van der Waals surface area contributed by atoms with Gasteiger partial charge < -0.3 is 9.88 Å². The van der Waals surface area contributed by atoms with E-state index in [1.165, 1.54) is 32.6 Å². The van der Waals surface area contributed by atoms with E-state index in [9.17, 15) is 0 Å². The summed E-state index contributed by atoms with van der Waals surface area (Å²) in [5, 5.41) is 8.48. The molecule has 0 amide bonds. The molecule has 6 heteroatoms. The van der Waals surface area contributed by atoms with E-state index in [0.29, 0.717) is 12.4 Å². The monoisotopic (exact) mass is 542 g/mol. The minimum Gasteiger partial charge on any atom is -0.363 e. The molecule has 0 atom stereocenters. The Kier molecular flexibility index (Phi) is 4.78. The fraction of sp³-hybridized carbons (Fsp3) is 0.0556. The zero-order valence-corrected chi connectivity index (χ0v) is 23.0. The highest BCUT2D eigenvalue weighted by molar-refractivity contribution is 6.19. The molecule has 0 aliphatic carbocycles. The molecule has 1 aliphatic rings. The maximum absolute atomic E-state index is 5.14. The summed E-state index contributed by atoms with van der Waals surface area (Å²) in [7, 11) is 2.07. The van der Waals surface area contributed by atoms with Crippen LogP contribution in [0.4, 0.5) is 11.6 Å². The van der Waals surface area contributed by atoms with Crippen molar-refractivity contribution in [3.05, 3.63) is 127 Å². The topological polar surface area (TPSA) is 52.1 Å². The van der Waals surface area contributed by atoms with E-state index >= 15 is 0 Å². The van der Waals surface area contributed by atoms with Crippen LogP contribution in [0.5, 0.6) is 0 Å². The Labute approximate surface area is 241 Å². The van der Waals surface area contributed by atoms with Crippen molar-refractivity contribution in [3.8, 4) is 11.6 Å². The summed E-state index contributed by atoms with van der Waals surface area (Å²) in [6, 6.07) is 42.9. The molecule has 42 heavy (non-hydrogen) atoms. The highest BCUT2D eigenvalue weighted by atomic mass is 15.3. The molecule has 1 N–H and O–H groups in total. The van der Waals surface area contributed by atoms with Gasteiger partial charge in [0.15, 0.2) is 11.6 Å². The molecule has 6 nitrogen and oxygen atoms in total. The Bertz CT molecular complexity index is 2350. The van der Waals surface area contributed by atoms with E-state index < -0.39 is 0 Å². The van der Waals surface area contributed by atoms with Gasteiger partial charge in [0.05, 0.1) is 34.3 Å².